The van der Waals surface area contributed by atoms with E-state index in [-0.39, 0.29) is 5.82 Å². The normalized spacial score (nSPS) is 14.0. The van der Waals surface area contributed by atoms with Crippen LogP contribution in [0.5, 0.6) is 0 Å². The second-order valence-corrected chi connectivity index (χ2v) is 4.61. The van der Waals surface area contributed by atoms with Crippen molar-refractivity contribution in [2.75, 3.05) is 5.73 Å². The Hall–Kier alpha value is -1.55. The SMILES string of the molecule is Nc1nn(-c2cc(Cl)ccc2F)c2c1CCC2. The summed E-state index contributed by atoms with van der Waals surface area (Å²) in [5.74, 6) is 0.156. The molecule has 2 N–H and O–H groups in total. The van der Waals surface area contributed by atoms with E-state index >= 15 is 0 Å². The molecule has 0 saturated heterocycles. The highest BCUT2D eigenvalue weighted by Gasteiger charge is 2.22. The average molecular weight is 252 g/mol. The number of benzene rings is 1. The van der Waals surface area contributed by atoms with Crippen LogP contribution in [0, 0.1) is 5.82 Å². The maximum absolute atomic E-state index is 13.8. The molecule has 17 heavy (non-hydrogen) atoms. The zero-order valence-electron chi connectivity index (χ0n) is 9.08. The Labute approximate surface area is 103 Å². The standard InChI is InChI=1S/C12H11ClFN3/c13-7-4-5-9(14)11(6-7)17-10-3-1-2-8(10)12(15)16-17/h4-6H,1-3H2,(H2,15,16). The van der Waals surface area contributed by atoms with E-state index in [1.165, 1.54) is 12.1 Å². The zero-order chi connectivity index (χ0) is 12.0. The predicted molar refractivity (Wildman–Crippen MR) is 65.0 cm³/mol. The molecule has 88 valence electrons. The Morgan fingerprint density at radius 2 is 2.18 bits per heavy atom. The number of hydrogen-bond donors (Lipinski definition) is 1. The van der Waals surface area contributed by atoms with Gasteiger partial charge in [0.05, 0.1) is 0 Å². The van der Waals surface area contributed by atoms with Crippen molar-refractivity contribution in [3.05, 3.63) is 40.3 Å². The Morgan fingerprint density at radius 1 is 1.35 bits per heavy atom. The van der Waals surface area contributed by atoms with Crippen LogP contribution in [0.15, 0.2) is 18.2 Å². The van der Waals surface area contributed by atoms with Crippen LogP contribution in [0.3, 0.4) is 0 Å². The molecule has 0 amide bonds. The summed E-state index contributed by atoms with van der Waals surface area (Å²) in [6, 6.07) is 4.44. The number of halogens is 2. The van der Waals surface area contributed by atoms with Crippen LogP contribution in [0.25, 0.3) is 5.69 Å². The smallest absolute Gasteiger partial charge is 0.149 e. The Morgan fingerprint density at radius 3 is 3.00 bits per heavy atom. The molecule has 5 heteroatoms. The van der Waals surface area contributed by atoms with Crippen LogP contribution in [0.4, 0.5) is 10.2 Å². The van der Waals surface area contributed by atoms with Gasteiger partial charge in [0.2, 0.25) is 0 Å². The fourth-order valence-corrected chi connectivity index (χ4v) is 2.48. The second-order valence-electron chi connectivity index (χ2n) is 4.17. The number of nitrogens with two attached hydrogens (primary N) is 1. The molecule has 1 heterocycles. The highest BCUT2D eigenvalue weighted by Crippen LogP contribution is 2.30. The van der Waals surface area contributed by atoms with Gasteiger partial charge in [0.25, 0.3) is 0 Å². The summed E-state index contributed by atoms with van der Waals surface area (Å²) in [6.07, 6.45) is 2.84. The lowest BCUT2D eigenvalue weighted by Gasteiger charge is -2.07. The van der Waals surface area contributed by atoms with Crippen molar-refractivity contribution in [2.24, 2.45) is 0 Å². The molecule has 0 saturated carbocycles. The van der Waals surface area contributed by atoms with Gasteiger partial charge in [-0.05, 0) is 37.5 Å². The minimum atomic E-state index is -0.341. The number of fused-ring (bicyclic) bond motifs is 1. The van der Waals surface area contributed by atoms with Gasteiger partial charge in [0.1, 0.15) is 17.3 Å². The summed E-state index contributed by atoms with van der Waals surface area (Å²) in [4.78, 5) is 0. The monoisotopic (exact) mass is 251 g/mol. The number of aromatic nitrogens is 2. The molecule has 0 bridgehead atoms. The van der Waals surface area contributed by atoms with Gasteiger partial charge in [-0.25, -0.2) is 9.07 Å². The third kappa shape index (κ3) is 1.60. The van der Waals surface area contributed by atoms with Gasteiger partial charge in [-0.1, -0.05) is 11.6 Å². The van der Waals surface area contributed by atoms with E-state index in [1.54, 1.807) is 10.7 Å². The van der Waals surface area contributed by atoms with Gasteiger partial charge < -0.3 is 5.73 Å². The van der Waals surface area contributed by atoms with E-state index in [0.29, 0.717) is 16.5 Å². The molecule has 0 atom stereocenters. The summed E-state index contributed by atoms with van der Waals surface area (Å²) in [5, 5.41) is 4.69. The summed E-state index contributed by atoms with van der Waals surface area (Å²) in [6.45, 7) is 0. The van der Waals surface area contributed by atoms with Gasteiger partial charge in [-0.3, -0.25) is 0 Å². The number of hydrogen-bond acceptors (Lipinski definition) is 2. The number of nitrogens with zero attached hydrogens (tertiary/aromatic N) is 2. The topological polar surface area (TPSA) is 43.8 Å². The highest BCUT2D eigenvalue weighted by atomic mass is 35.5. The minimum Gasteiger partial charge on any atom is -0.382 e. The van der Waals surface area contributed by atoms with E-state index in [4.69, 9.17) is 17.3 Å². The third-order valence-electron chi connectivity index (χ3n) is 3.10. The molecular formula is C12H11ClFN3. The van der Waals surface area contributed by atoms with Crippen molar-refractivity contribution in [1.82, 2.24) is 9.78 Å². The highest BCUT2D eigenvalue weighted by molar-refractivity contribution is 6.30. The summed E-state index contributed by atoms with van der Waals surface area (Å²) in [5.41, 5.74) is 8.25. The first kappa shape index (κ1) is 10.6. The lowest BCUT2D eigenvalue weighted by molar-refractivity contribution is 0.607. The molecule has 3 nitrogen and oxygen atoms in total. The van der Waals surface area contributed by atoms with Crippen LogP contribution >= 0.6 is 11.6 Å². The Bertz CT molecular complexity index is 592. The number of anilines is 1. The maximum Gasteiger partial charge on any atom is 0.149 e. The molecule has 1 aromatic heterocycles. The molecular weight excluding hydrogens is 241 g/mol. The Kier molecular flexibility index (Phi) is 2.33. The molecule has 1 aliphatic carbocycles. The average Bonchev–Trinajstić information content (AvgIpc) is 2.87. The van der Waals surface area contributed by atoms with Crippen molar-refractivity contribution in [3.63, 3.8) is 0 Å². The van der Waals surface area contributed by atoms with Crippen molar-refractivity contribution >= 4 is 17.4 Å². The van der Waals surface area contributed by atoms with Crippen molar-refractivity contribution < 1.29 is 4.39 Å². The molecule has 3 rings (SSSR count). The lowest BCUT2D eigenvalue weighted by atomic mass is 10.2. The molecule has 0 radical (unpaired) electrons. The van der Waals surface area contributed by atoms with Gasteiger partial charge in [-0.2, -0.15) is 5.10 Å². The Balaban J connectivity index is 2.22. The number of nitrogen functional groups attached to an aromatic ring is 1. The van der Waals surface area contributed by atoms with E-state index in [0.717, 1.165) is 30.5 Å². The van der Waals surface area contributed by atoms with E-state index in [2.05, 4.69) is 5.10 Å². The summed E-state index contributed by atoms with van der Waals surface area (Å²) in [7, 11) is 0. The van der Waals surface area contributed by atoms with Gasteiger partial charge >= 0.3 is 0 Å². The molecule has 0 spiro atoms. The quantitative estimate of drug-likeness (QED) is 0.847. The van der Waals surface area contributed by atoms with Gasteiger partial charge in [-0.15, -0.1) is 0 Å². The van der Waals surface area contributed by atoms with Gasteiger partial charge in [0, 0.05) is 16.3 Å². The lowest BCUT2D eigenvalue weighted by Crippen LogP contribution is -2.04. The van der Waals surface area contributed by atoms with Crippen LogP contribution < -0.4 is 5.73 Å². The van der Waals surface area contributed by atoms with Crippen LogP contribution in [-0.4, -0.2) is 9.78 Å². The molecule has 2 aromatic rings. The largest absolute Gasteiger partial charge is 0.382 e. The van der Waals surface area contributed by atoms with Crippen LogP contribution in [-0.2, 0) is 12.8 Å². The van der Waals surface area contributed by atoms with E-state index in [1.807, 2.05) is 0 Å². The molecule has 0 aliphatic heterocycles. The first-order chi connectivity index (χ1) is 8.16. The van der Waals surface area contributed by atoms with Crippen LogP contribution in [0.1, 0.15) is 17.7 Å². The van der Waals surface area contributed by atoms with Crippen molar-refractivity contribution in [2.45, 2.75) is 19.3 Å². The maximum atomic E-state index is 13.8. The molecule has 1 aliphatic rings. The van der Waals surface area contributed by atoms with E-state index in [9.17, 15) is 4.39 Å². The van der Waals surface area contributed by atoms with Crippen molar-refractivity contribution in [1.29, 1.82) is 0 Å². The first-order valence-electron chi connectivity index (χ1n) is 5.48. The second kappa shape index (κ2) is 3.74. The van der Waals surface area contributed by atoms with Crippen molar-refractivity contribution in [3.8, 4) is 5.69 Å². The summed E-state index contributed by atoms with van der Waals surface area (Å²) < 4.78 is 15.4. The van der Waals surface area contributed by atoms with E-state index < -0.39 is 0 Å². The predicted octanol–water partition coefficient (Wildman–Crippen LogP) is 2.74. The zero-order valence-corrected chi connectivity index (χ0v) is 9.84. The minimum absolute atomic E-state index is 0.341. The molecule has 0 unspecified atom stereocenters. The molecule has 0 fully saturated rings. The molecule has 1 aromatic carbocycles. The number of rotatable bonds is 1. The van der Waals surface area contributed by atoms with Gasteiger partial charge in [0.15, 0.2) is 0 Å². The fraction of sp³-hybridized carbons (Fsp3) is 0.250. The van der Waals surface area contributed by atoms with Crippen LogP contribution in [0.2, 0.25) is 5.02 Å². The fourth-order valence-electron chi connectivity index (χ4n) is 2.31. The third-order valence-corrected chi connectivity index (χ3v) is 3.33. The summed E-state index contributed by atoms with van der Waals surface area (Å²) >= 11 is 5.89. The first-order valence-corrected chi connectivity index (χ1v) is 5.86.